The molecule has 1 aromatic heterocycles. The maximum Gasteiger partial charge on any atom is 0.253 e. The van der Waals surface area contributed by atoms with Gasteiger partial charge < -0.3 is 10.6 Å². The molecule has 0 saturated heterocycles. The first-order valence-electron chi connectivity index (χ1n) is 7.79. The van der Waals surface area contributed by atoms with Crippen LogP contribution < -0.4 is 10.6 Å². The van der Waals surface area contributed by atoms with Crippen LogP contribution in [-0.4, -0.2) is 10.9 Å². The van der Waals surface area contributed by atoms with Gasteiger partial charge in [0.2, 0.25) is 0 Å². The maximum absolute atomic E-state index is 12.3. The Labute approximate surface area is 146 Å². The fraction of sp³-hybridized carbons (Fsp3) is 0.0500. The average molecular weight is 328 g/mol. The molecule has 5 nitrogen and oxygen atoms in total. The number of nitriles is 1. The minimum Gasteiger partial charge on any atom is -0.353 e. The number of carbonyl (C=O) groups is 1. The lowest BCUT2D eigenvalue weighted by molar-refractivity contribution is 0.0950. The summed E-state index contributed by atoms with van der Waals surface area (Å²) in [5.41, 5.74) is 3.33. The first-order valence-corrected chi connectivity index (χ1v) is 7.79. The molecule has 122 valence electrons. The van der Waals surface area contributed by atoms with Crippen LogP contribution in [0.25, 0.3) is 0 Å². The van der Waals surface area contributed by atoms with Gasteiger partial charge in [0.25, 0.3) is 5.91 Å². The molecule has 0 radical (unpaired) electrons. The number of aromatic nitrogens is 1. The van der Waals surface area contributed by atoms with Gasteiger partial charge in [-0.05, 0) is 23.8 Å². The number of anilines is 2. The van der Waals surface area contributed by atoms with Gasteiger partial charge in [0, 0.05) is 12.7 Å². The van der Waals surface area contributed by atoms with Gasteiger partial charge in [-0.3, -0.25) is 9.78 Å². The molecule has 3 rings (SSSR count). The molecule has 0 aliphatic carbocycles. The van der Waals surface area contributed by atoms with E-state index in [4.69, 9.17) is 5.26 Å². The van der Waals surface area contributed by atoms with E-state index >= 15 is 0 Å². The van der Waals surface area contributed by atoms with E-state index in [0.717, 1.165) is 5.56 Å². The van der Waals surface area contributed by atoms with Crippen LogP contribution in [0.4, 0.5) is 11.4 Å². The van der Waals surface area contributed by atoms with Gasteiger partial charge in [-0.25, -0.2) is 0 Å². The number of hydrogen-bond acceptors (Lipinski definition) is 4. The zero-order valence-corrected chi connectivity index (χ0v) is 13.4. The summed E-state index contributed by atoms with van der Waals surface area (Å²) < 4.78 is 0. The topological polar surface area (TPSA) is 77.8 Å². The average Bonchev–Trinajstić information content (AvgIpc) is 2.67. The van der Waals surface area contributed by atoms with Crippen LogP contribution in [0.1, 0.15) is 21.5 Å². The first-order chi connectivity index (χ1) is 12.3. The molecule has 0 fully saturated rings. The summed E-state index contributed by atoms with van der Waals surface area (Å²) in [6.07, 6.45) is 3.13. The molecule has 0 spiro atoms. The number of hydrogen-bond donors (Lipinski definition) is 2. The van der Waals surface area contributed by atoms with Crippen molar-refractivity contribution in [2.75, 3.05) is 5.32 Å². The van der Waals surface area contributed by atoms with Crippen molar-refractivity contribution >= 4 is 17.3 Å². The predicted molar refractivity (Wildman–Crippen MR) is 96.3 cm³/mol. The lowest BCUT2D eigenvalue weighted by atomic mass is 10.2. The number of pyridine rings is 1. The molecular formula is C20H16N4O. The molecule has 2 N–H and O–H groups in total. The lowest BCUT2D eigenvalue weighted by Gasteiger charge is -2.09. The molecule has 0 aliphatic heterocycles. The highest BCUT2D eigenvalue weighted by Gasteiger charge is 2.08. The number of rotatable bonds is 5. The Morgan fingerprint density at radius 1 is 1.04 bits per heavy atom. The predicted octanol–water partition coefficient (Wildman–Crippen LogP) is 3.63. The van der Waals surface area contributed by atoms with Crippen molar-refractivity contribution in [1.29, 1.82) is 5.26 Å². The fourth-order valence-electron chi connectivity index (χ4n) is 2.36. The maximum atomic E-state index is 12.3. The van der Waals surface area contributed by atoms with Gasteiger partial charge in [0.15, 0.2) is 0 Å². The van der Waals surface area contributed by atoms with Crippen LogP contribution >= 0.6 is 0 Å². The van der Waals surface area contributed by atoms with Crippen molar-refractivity contribution in [3.05, 3.63) is 89.7 Å². The molecule has 25 heavy (non-hydrogen) atoms. The molecule has 1 amide bonds. The summed E-state index contributed by atoms with van der Waals surface area (Å²) >= 11 is 0. The second-order valence-corrected chi connectivity index (χ2v) is 5.41. The first kappa shape index (κ1) is 16.2. The Bertz CT molecular complexity index is 916. The molecule has 0 unspecified atom stereocenters. The smallest absolute Gasteiger partial charge is 0.253 e. The number of amides is 1. The highest BCUT2D eigenvalue weighted by atomic mass is 16.1. The van der Waals surface area contributed by atoms with Gasteiger partial charge in [0.1, 0.15) is 6.07 Å². The third-order valence-corrected chi connectivity index (χ3v) is 3.62. The zero-order valence-electron chi connectivity index (χ0n) is 13.4. The monoisotopic (exact) mass is 328 g/mol. The fourth-order valence-corrected chi connectivity index (χ4v) is 2.36. The highest BCUT2D eigenvalue weighted by molar-refractivity contribution is 5.94. The quantitative estimate of drug-likeness (QED) is 0.750. The minimum absolute atomic E-state index is 0.200. The van der Waals surface area contributed by atoms with Crippen LogP contribution in [0.15, 0.2) is 73.1 Å². The highest BCUT2D eigenvalue weighted by Crippen LogP contribution is 2.20. The van der Waals surface area contributed by atoms with E-state index in [1.165, 1.54) is 6.20 Å². The van der Waals surface area contributed by atoms with E-state index in [-0.39, 0.29) is 5.91 Å². The second kappa shape index (κ2) is 7.75. The molecule has 0 bridgehead atoms. The summed E-state index contributed by atoms with van der Waals surface area (Å²) in [5.74, 6) is -0.200. The van der Waals surface area contributed by atoms with E-state index in [9.17, 15) is 4.79 Å². The van der Waals surface area contributed by atoms with Crippen LogP contribution in [0, 0.1) is 11.3 Å². The van der Waals surface area contributed by atoms with Crippen LogP contribution in [0.5, 0.6) is 0 Å². The summed E-state index contributed by atoms with van der Waals surface area (Å²) in [6, 6.07) is 20.7. The molecule has 0 atom stereocenters. The SMILES string of the molecule is N#Cc1ccccc1Nc1cncc(C(=O)NCc2ccccc2)c1. The Morgan fingerprint density at radius 2 is 1.80 bits per heavy atom. The van der Waals surface area contributed by atoms with E-state index in [1.807, 2.05) is 36.4 Å². The molecule has 0 saturated carbocycles. The number of carbonyl (C=O) groups excluding carboxylic acids is 1. The molecule has 3 aromatic rings. The van der Waals surface area contributed by atoms with Crippen LogP contribution in [0.3, 0.4) is 0 Å². The molecule has 5 heteroatoms. The lowest BCUT2D eigenvalue weighted by Crippen LogP contribution is -2.22. The third kappa shape index (κ3) is 4.21. The van der Waals surface area contributed by atoms with E-state index in [0.29, 0.717) is 29.0 Å². The number of para-hydroxylation sites is 1. The van der Waals surface area contributed by atoms with E-state index in [2.05, 4.69) is 21.7 Å². The van der Waals surface area contributed by atoms with Gasteiger partial charge >= 0.3 is 0 Å². The summed E-state index contributed by atoms with van der Waals surface area (Å²) in [6.45, 7) is 0.453. The van der Waals surface area contributed by atoms with E-state index < -0.39 is 0 Å². The summed E-state index contributed by atoms with van der Waals surface area (Å²) in [4.78, 5) is 16.4. The molecular weight excluding hydrogens is 312 g/mol. The normalized spacial score (nSPS) is 9.88. The van der Waals surface area contributed by atoms with Crippen molar-refractivity contribution in [2.24, 2.45) is 0 Å². The molecule has 1 heterocycles. The Kier molecular flexibility index (Phi) is 5.03. The van der Waals surface area contributed by atoms with Crippen molar-refractivity contribution in [1.82, 2.24) is 10.3 Å². The largest absolute Gasteiger partial charge is 0.353 e. The van der Waals surface area contributed by atoms with Crippen molar-refractivity contribution in [3.8, 4) is 6.07 Å². The number of nitrogens with one attached hydrogen (secondary N) is 2. The Balaban J connectivity index is 1.71. The van der Waals surface area contributed by atoms with E-state index in [1.54, 1.807) is 30.5 Å². The van der Waals surface area contributed by atoms with Crippen LogP contribution in [0.2, 0.25) is 0 Å². The van der Waals surface area contributed by atoms with Gasteiger partial charge in [-0.2, -0.15) is 5.26 Å². The third-order valence-electron chi connectivity index (χ3n) is 3.62. The van der Waals surface area contributed by atoms with Crippen molar-refractivity contribution in [3.63, 3.8) is 0 Å². The van der Waals surface area contributed by atoms with Gasteiger partial charge in [-0.15, -0.1) is 0 Å². The summed E-state index contributed by atoms with van der Waals surface area (Å²) in [7, 11) is 0. The molecule has 0 aliphatic rings. The number of nitrogens with zero attached hydrogens (tertiary/aromatic N) is 2. The van der Waals surface area contributed by atoms with Gasteiger partial charge in [-0.1, -0.05) is 42.5 Å². The van der Waals surface area contributed by atoms with Gasteiger partial charge in [0.05, 0.1) is 28.7 Å². The second-order valence-electron chi connectivity index (χ2n) is 5.41. The Morgan fingerprint density at radius 3 is 2.60 bits per heavy atom. The summed E-state index contributed by atoms with van der Waals surface area (Å²) in [5, 5.41) is 15.1. The van der Waals surface area contributed by atoms with Crippen molar-refractivity contribution < 1.29 is 4.79 Å². The minimum atomic E-state index is -0.200. The molecule has 2 aromatic carbocycles. The van der Waals surface area contributed by atoms with Crippen molar-refractivity contribution in [2.45, 2.75) is 6.54 Å². The number of benzene rings is 2. The zero-order chi connectivity index (χ0) is 17.5. The Hall–Kier alpha value is -3.65. The van der Waals surface area contributed by atoms with Crippen LogP contribution in [-0.2, 0) is 6.54 Å². The standard InChI is InChI=1S/C20H16N4O/c21-11-16-8-4-5-9-19(16)24-18-10-17(13-22-14-18)20(25)23-12-15-6-2-1-3-7-15/h1-10,13-14,24H,12H2,(H,23,25).